The highest BCUT2D eigenvalue weighted by atomic mass is 16.5. The summed E-state index contributed by atoms with van der Waals surface area (Å²) in [6.45, 7) is 0.561. The second kappa shape index (κ2) is 6.65. The van der Waals surface area contributed by atoms with Crippen LogP contribution in [-0.2, 0) is 9.47 Å². The number of hydrogen-bond acceptors (Lipinski definition) is 4. The zero-order valence-corrected chi connectivity index (χ0v) is 12.7. The molecule has 0 bridgehead atoms. The maximum atomic E-state index is 11.9. The van der Waals surface area contributed by atoms with Crippen LogP contribution in [0, 0.1) is 5.41 Å². The summed E-state index contributed by atoms with van der Waals surface area (Å²) in [5, 5.41) is 0. The van der Waals surface area contributed by atoms with Crippen LogP contribution in [0.3, 0.4) is 0 Å². The molecule has 1 saturated carbocycles. The van der Waals surface area contributed by atoms with Crippen molar-refractivity contribution in [3.63, 3.8) is 0 Å². The van der Waals surface area contributed by atoms with Gasteiger partial charge in [-0.1, -0.05) is 36.4 Å². The summed E-state index contributed by atoms with van der Waals surface area (Å²) in [5.41, 5.74) is 0.851. The van der Waals surface area contributed by atoms with Crippen LogP contribution in [0.1, 0.15) is 33.6 Å². The van der Waals surface area contributed by atoms with Crippen molar-refractivity contribution >= 4 is 11.9 Å². The highest BCUT2D eigenvalue weighted by Crippen LogP contribution is 2.46. The van der Waals surface area contributed by atoms with Gasteiger partial charge in [-0.25, -0.2) is 9.59 Å². The Hall–Kier alpha value is -2.62. The minimum atomic E-state index is -0.341. The average Bonchev–Trinajstić information content (AvgIpc) is 3.39. The average molecular weight is 310 g/mol. The summed E-state index contributed by atoms with van der Waals surface area (Å²) in [6, 6.07) is 17.8. The summed E-state index contributed by atoms with van der Waals surface area (Å²) in [5.74, 6) is -0.683. The van der Waals surface area contributed by atoms with E-state index in [0.29, 0.717) is 11.1 Å². The minimum Gasteiger partial charge on any atom is -0.461 e. The van der Waals surface area contributed by atoms with Gasteiger partial charge in [0, 0.05) is 5.41 Å². The minimum absolute atomic E-state index is 0.213. The van der Waals surface area contributed by atoms with E-state index < -0.39 is 0 Å². The predicted octanol–water partition coefficient (Wildman–Crippen LogP) is 3.48. The van der Waals surface area contributed by atoms with Gasteiger partial charge in [-0.2, -0.15) is 0 Å². The molecule has 3 rings (SSSR count). The lowest BCUT2D eigenvalue weighted by atomic mass is 10.1. The Balaban J connectivity index is 1.49. The molecule has 0 aromatic heterocycles. The molecule has 0 aliphatic heterocycles. The molecule has 4 heteroatoms. The predicted molar refractivity (Wildman–Crippen MR) is 85.1 cm³/mol. The normalized spacial score (nSPS) is 14.8. The van der Waals surface area contributed by atoms with Crippen LogP contribution in [0.4, 0.5) is 0 Å². The Morgan fingerprint density at radius 3 is 1.48 bits per heavy atom. The summed E-state index contributed by atoms with van der Waals surface area (Å²) < 4.78 is 10.7. The van der Waals surface area contributed by atoms with Crippen LogP contribution in [0.2, 0.25) is 0 Å². The fourth-order valence-corrected chi connectivity index (χ4v) is 2.26. The molecule has 0 saturated heterocycles. The van der Waals surface area contributed by atoms with Crippen LogP contribution in [0.5, 0.6) is 0 Å². The highest BCUT2D eigenvalue weighted by Gasteiger charge is 2.45. The molecule has 0 amide bonds. The number of esters is 2. The Morgan fingerprint density at radius 2 is 1.13 bits per heavy atom. The molecule has 0 N–H and O–H groups in total. The Bertz CT molecular complexity index is 618. The van der Waals surface area contributed by atoms with Gasteiger partial charge in [0.05, 0.1) is 11.1 Å². The van der Waals surface area contributed by atoms with Crippen LogP contribution >= 0.6 is 0 Å². The molecule has 4 nitrogen and oxygen atoms in total. The summed E-state index contributed by atoms with van der Waals surface area (Å²) in [4.78, 5) is 23.9. The zero-order valence-electron chi connectivity index (χ0n) is 12.7. The van der Waals surface area contributed by atoms with Crippen molar-refractivity contribution in [1.82, 2.24) is 0 Å². The van der Waals surface area contributed by atoms with Gasteiger partial charge in [-0.05, 0) is 37.1 Å². The number of carbonyl (C=O) groups is 2. The van der Waals surface area contributed by atoms with Gasteiger partial charge in [-0.15, -0.1) is 0 Å². The monoisotopic (exact) mass is 310 g/mol. The lowest BCUT2D eigenvalue weighted by Gasteiger charge is -2.15. The van der Waals surface area contributed by atoms with Crippen molar-refractivity contribution in [2.45, 2.75) is 12.8 Å². The standard InChI is InChI=1S/C19H18O4/c20-17(15-7-3-1-4-8-15)22-13-19(11-12-19)14-23-18(21)16-9-5-2-6-10-16/h1-10H,11-14H2. The van der Waals surface area contributed by atoms with Gasteiger partial charge in [0.25, 0.3) is 0 Å². The van der Waals surface area contributed by atoms with Gasteiger partial charge >= 0.3 is 11.9 Å². The molecular weight excluding hydrogens is 292 g/mol. The third kappa shape index (κ3) is 3.97. The summed E-state index contributed by atoms with van der Waals surface area (Å²) >= 11 is 0. The number of rotatable bonds is 6. The van der Waals surface area contributed by atoms with E-state index in [-0.39, 0.29) is 30.6 Å². The van der Waals surface area contributed by atoms with E-state index in [2.05, 4.69) is 0 Å². The van der Waals surface area contributed by atoms with Crippen LogP contribution in [-0.4, -0.2) is 25.2 Å². The van der Waals surface area contributed by atoms with Gasteiger partial charge in [-0.3, -0.25) is 0 Å². The third-order valence-corrected chi connectivity index (χ3v) is 3.99. The maximum absolute atomic E-state index is 11.9. The van der Waals surface area contributed by atoms with E-state index in [1.54, 1.807) is 48.5 Å². The first-order valence-electron chi connectivity index (χ1n) is 7.63. The number of ether oxygens (including phenoxy) is 2. The molecular formula is C19H18O4. The molecule has 0 heterocycles. The van der Waals surface area contributed by atoms with Gasteiger partial charge < -0.3 is 9.47 Å². The molecule has 2 aromatic carbocycles. The molecule has 23 heavy (non-hydrogen) atoms. The molecule has 0 atom stereocenters. The third-order valence-electron chi connectivity index (χ3n) is 3.99. The van der Waals surface area contributed by atoms with Crippen LogP contribution < -0.4 is 0 Å². The van der Waals surface area contributed by atoms with E-state index in [0.717, 1.165) is 12.8 Å². The molecule has 1 aliphatic rings. The van der Waals surface area contributed by atoms with Crippen LogP contribution in [0.15, 0.2) is 60.7 Å². The topological polar surface area (TPSA) is 52.6 Å². The van der Waals surface area contributed by atoms with Crippen molar-refractivity contribution in [2.24, 2.45) is 5.41 Å². The molecule has 118 valence electrons. The molecule has 0 unspecified atom stereocenters. The van der Waals surface area contributed by atoms with Crippen molar-refractivity contribution in [3.8, 4) is 0 Å². The van der Waals surface area contributed by atoms with E-state index in [9.17, 15) is 9.59 Å². The zero-order chi connectivity index (χ0) is 16.1. The maximum Gasteiger partial charge on any atom is 0.338 e. The van der Waals surface area contributed by atoms with Crippen LogP contribution in [0.25, 0.3) is 0 Å². The molecule has 0 radical (unpaired) electrons. The number of carbonyl (C=O) groups excluding carboxylic acids is 2. The fourth-order valence-electron chi connectivity index (χ4n) is 2.26. The molecule has 0 spiro atoms. The number of hydrogen-bond donors (Lipinski definition) is 0. The first-order chi connectivity index (χ1) is 11.2. The second-order valence-electron chi connectivity index (χ2n) is 5.88. The van der Waals surface area contributed by atoms with E-state index >= 15 is 0 Å². The smallest absolute Gasteiger partial charge is 0.338 e. The first kappa shape index (κ1) is 15.3. The molecule has 2 aromatic rings. The lowest BCUT2D eigenvalue weighted by molar-refractivity contribution is 0.0211. The van der Waals surface area contributed by atoms with Gasteiger partial charge in [0.1, 0.15) is 13.2 Å². The SMILES string of the molecule is O=C(OCC1(COC(=O)c2ccccc2)CC1)c1ccccc1. The van der Waals surface area contributed by atoms with Crippen molar-refractivity contribution < 1.29 is 19.1 Å². The van der Waals surface area contributed by atoms with Crippen molar-refractivity contribution in [2.75, 3.05) is 13.2 Å². The van der Waals surface area contributed by atoms with E-state index in [1.165, 1.54) is 0 Å². The molecule has 1 fully saturated rings. The lowest BCUT2D eigenvalue weighted by Crippen LogP contribution is -2.22. The quantitative estimate of drug-likeness (QED) is 0.767. The van der Waals surface area contributed by atoms with Gasteiger partial charge in [0.2, 0.25) is 0 Å². The largest absolute Gasteiger partial charge is 0.461 e. The highest BCUT2D eigenvalue weighted by molar-refractivity contribution is 5.89. The number of benzene rings is 2. The Labute approximate surface area is 135 Å². The van der Waals surface area contributed by atoms with E-state index in [4.69, 9.17) is 9.47 Å². The molecule has 1 aliphatic carbocycles. The Kier molecular flexibility index (Phi) is 4.42. The second-order valence-corrected chi connectivity index (χ2v) is 5.88. The van der Waals surface area contributed by atoms with E-state index in [1.807, 2.05) is 12.1 Å². The fraction of sp³-hybridized carbons (Fsp3) is 0.263. The van der Waals surface area contributed by atoms with Crippen molar-refractivity contribution in [3.05, 3.63) is 71.8 Å². The first-order valence-corrected chi connectivity index (χ1v) is 7.63. The summed E-state index contributed by atoms with van der Waals surface area (Å²) in [6.07, 6.45) is 1.80. The summed E-state index contributed by atoms with van der Waals surface area (Å²) in [7, 11) is 0. The van der Waals surface area contributed by atoms with Gasteiger partial charge in [0.15, 0.2) is 0 Å². The Morgan fingerprint density at radius 1 is 0.739 bits per heavy atom. The van der Waals surface area contributed by atoms with Crippen molar-refractivity contribution in [1.29, 1.82) is 0 Å².